The maximum atomic E-state index is 12.0. The number of amides is 1. The molecule has 0 aliphatic rings. The summed E-state index contributed by atoms with van der Waals surface area (Å²) >= 11 is 0. The second-order valence-electron chi connectivity index (χ2n) is 5.20. The monoisotopic (exact) mass is 325 g/mol. The van der Waals surface area contributed by atoms with Crippen LogP contribution >= 0.6 is 0 Å². The molecule has 126 valence electrons. The van der Waals surface area contributed by atoms with Crippen molar-refractivity contribution in [3.05, 3.63) is 60.2 Å². The molecule has 4 nitrogen and oxygen atoms in total. The zero-order valence-electron chi connectivity index (χ0n) is 14.1. The molecule has 2 aromatic rings. The summed E-state index contributed by atoms with van der Waals surface area (Å²) in [5.41, 5.74) is 1.68. The van der Waals surface area contributed by atoms with Gasteiger partial charge in [-0.05, 0) is 61.4 Å². The molecule has 1 N–H and O–H groups in total. The third-order valence-corrected chi connectivity index (χ3v) is 3.21. The van der Waals surface area contributed by atoms with E-state index in [0.717, 1.165) is 29.2 Å². The van der Waals surface area contributed by atoms with Crippen molar-refractivity contribution in [2.24, 2.45) is 0 Å². The minimum atomic E-state index is -0.175. The molecule has 24 heavy (non-hydrogen) atoms. The van der Waals surface area contributed by atoms with Gasteiger partial charge in [0.05, 0.1) is 13.2 Å². The fourth-order valence-corrected chi connectivity index (χ4v) is 2.05. The Bertz CT molecular complexity index is 660. The molecule has 0 unspecified atom stereocenters. The standard InChI is InChI=1S/C20H23NO3/c1-3-15-24-19-12-8-17(9-13-19)21-20(22)14-7-16-5-10-18(11-6-16)23-4-2/h5-14H,3-4,15H2,1-2H3,(H,21,22)/b14-7+. The number of hydrogen-bond acceptors (Lipinski definition) is 3. The van der Waals surface area contributed by atoms with Gasteiger partial charge in [0.25, 0.3) is 0 Å². The van der Waals surface area contributed by atoms with Crippen LogP contribution in [0.4, 0.5) is 5.69 Å². The second-order valence-corrected chi connectivity index (χ2v) is 5.20. The van der Waals surface area contributed by atoms with Gasteiger partial charge >= 0.3 is 0 Å². The number of carbonyl (C=O) groups excluding carboxylic acids is 1. The Morgan fingerprint density at radius 3 is 2.21 bits per heavy atom. The zero-order chi connectivity index (χ0) is 17.2. The van der Waals surface area contributed by atoms with Gasteiger partial charge in [-0.1, -0.05) is 19.1 Å². The fraction of sp³-hybridized carbons (Fsp3) is 0.250. The summed E-state index contributed by atoms with van der Waals surface area (Å²) in [7, 11) is 0. The van der Waals surface area contributed by atoms with Crippen LogP contribution in [-0.4, -0.2) is 19.1 Å². The SMILES string of the molecule is CCCOc1ccc(NC(=O)/C=C/c2ccc(OCC)cc2)cc1. The molecule has 1 amide bonds. The Morgan fingerprint density at radius 2 is 1.58 bits per heavy atom. The van der Waals surface area contributed by atoms with E-state index in [-0.39, 0.29) is 5.91 Å². The Balaban J connectivity index is 1.87. The Hall–Kier alpha value is -2.75. The topological polar surface area (TPSA) is 47.6 Å². The van der Waals surface area contributed by atoms with Crippen LogP contribution in [0.1, 0.15) is 25.8 Å². The minimum absolute atomic E-state index is 0.175. The molecule has 0 fully saturated rings. The summed E-state index contributed by atoms with van der Waals surface area (Å²) in [5.74, 6) is 1.45. The molecule has 0 saturated heterocycles. The van der Waals surface area contributed by atoms with Crippen LogP contribution in [0.5, 0.6) is 11.5 Å². The van der Waals surface area contributed by atoms with E-state index < -0.39 is 0 Å². The van der Waals surface area contributed by atoms with E-state index in [1.165, 1.54) is 6.08 Å². The molecule has 4 heteroatoms. The number of ether oxygens (including phenoxy) is 2. The third kappa shape index (κ3) is 5.80. The average molecular weight is 325 g/mol. The van der Waals surface area contributed by atoms with Gasteiger partial charge in [0.15, 0.2) is 0 Å². The predicted octanol–water partition coefficient (Wildman–Crippen LogP) is 4.53. The van der Waals surface area contributed by atoms with Gasteiger partial charge in [-0.25, -0.2) is 0 Å². The summed E-state index contributed by atoms with van der Waals surface area (Å²) < 4.78 is 10.9. The van der Waals surface area contributed by atoms with Crippen LogP contribution in [0.2, 0.25) is 0 Å². The molecule has 0 aliphatic heterocycles. The lowest BCUT2D eigenvalue weighted by molar-refractivity contribution is -0.111. The first kappa shape index (κ1) is 17.6. The highest BCUT2D eigenvalue weighted by Gasteiger charge is 1.99. The first-order valence-electron chi connectivity index (χ1n) is 8.16. The molecule has 0 aromatic heterocycles. The second kappa shape index (κ2) is 9.40. The van der Waals surface area contributed by atoms with Crippen molar-refractivity contribution < 1.29 is 14.3 Å². The quantitative estimate of drug-likeness (QED) is 0.726. The van der Waals surface area contributed by atoms with Gasteiger partial charge in [-0.15, -0.1) is 0 Å². The lowest BCUT2D eigenvalue weighted by atomic mass is 10.2. The van der Waals surface area contributed by atoms with E-state index >= 15 is 0 Å². The number of benzene rings is 2. The molecule has 0 bridgehead atoms. The number of rotatable bonds is 8. The first-order chi connectivity index (χ1) is 11.7. The Kier molecular flexibility index (Phi) is 6.90. The molecule has 2 aromatic carbocycles. The lowest BCUT2D eigenvalue weighted by Gasteiger charge is -2.06. The van der Waals surface area contributed by atoms with Gasteiger partial charge in [-0.3, -0.25) is 4.79 Å². The molecule has 0 saturated carbocycles. The number of carbonyl (C=O) groups is 1. The van der Waals surface area contributed by atoms with E-state index in [4.69, 9.17) is 9.47 Å². The van der Waals surface area contributed by atoms with Crippen LogP contribution < -0.4 is 14.8 Å². The van der Waals surface area contributed by atoms with Crippen LogP contribution in [0.15, 0.2) is 54.6 Å². The summed E-state index contributed by atoms with van der Waals surface area (Å²) in [6.45, 7) is 5.34. The maximum absolute atomic E-state index is 12.0. The smallest absolute Gasteiger partial charge is 0.248 e. The van der Waals surface area contributed by atoms with Crippen LogP contribution in [-0.2, 0) is 4.79 Å². The van der Waals surface area contributed by atoms with E-state index in [1.54, 1.807) is 6.08 Å². The third-order valence-electron chi connectivity index (χ3n) is 3.21. The number of anilines is 1. The van der Waals surface area contributed by atoms with Gasteiger partial charge < -0.3 is 14.8 Å². The molecular weight excluding hydrogens is 302 g/mol. The predicted molar refractivity (Wildman–Crippen MR) is 97.5 cm³/mol. The maximum Gasteiger partial charge on any atom is 0.248 e. The highest BCUT2D eigenvalue weighted by Crippen LogP contribution is 2.16. The first-order valence-corrected chi connectivity index (χ1v) is 8.16. The van der Waals surface area contributed by atoms with E-state index in [2.05, 4.69) is 12.2 Å². The van der Waals surface area contributed by atoms with Crippen molar-refractivity contribution in [2.75, 3.05) is 18.5 Å². The highest BCUT2D eigenvalue weighted by molar-refractivity contribution is 6.01. The van der Waals surface area contributed by atoms with E-state index in [9.17, 15) is 4.79 Å². The van der Waals surface area contributed by atoms with E-state index in [0.29, 0.717) is 13.2 Å². The fourth-order valence-electron chi connectivity index (χ4n) is 2.05. The van der Waals surface area contributed by atoms with Gasteiger partial charge in [-0.2, -0.15) is 0 Å². The molecule has 2 rings (SSSR count). The Morgan fingerprint density at radius 1 is 0.958 bits per heavy atom. The summed E-state index contributed by atoms with van der Waals surface area (Å²) in [5, 5.41) is 2.82. The molecule has 0 spiro atoms. The van der Waals surface area contributed by atoms with Crippen molar-refractivity contribution in [3.63, 3.8) is 0 Å². The molecular formula is C20H23NO3. The summed E-state index contributed by atoms with van der Waals surface area (Å²) in [6, 6.07) is 14.9. The molecule has 0 heterocycles. The zero-order valence-corrected chi connectivity index (χ0v) is 14.1. The molecule has 0 aliphatic carbocycles. The molecule has 0 radical (unpaired) electrons. The van der Waals surface area contributed by atoms with Gasteiger partial charge in [0, 0.05) is 11.8 Å². The lowest BCUT2D eigenvalue weighted by Crippen LogP contribution is -2.07. The highest BCUT2D eigenvalue weighted by atomic mass is 16.5. The van der Waals surface area contributed by atoms with Crippen molar-refractivity contribution in [2.45, 2.75) is 20.3 Å². The van der Waals surface area contributed by atoms with Crippen molar-refractivity contribution in [3.8, 4) is 11.5 Å². The minimum Gasteiger partial charge on any atom is -0.494 e. The van der Waals surface area contributed by atoms with Crippen molar-refractivity contribution >= 4 is 17.7 Å². The normalized spacial score (nSPS) is 10.6. The summed E-state index contributed by atoms with van der Waals surface area (Å²) in [6.07, 6.45) is 4.25. The summed E-state index contributed by atoms with van der Waals surface area (Å²) in [4.78, 5) is 12.0. The van der Waals surface area contributed by atoms with Gasteiger partial charge in [0.2, 0.25) is 5.91 Å². The Labute approximate surface area is 143 Å². The van der Waals surface area contributed by atoms with Crippen LogP contribution in [0, 0.1) is 0 Å². The number of nitrogens with one attached hydrogen (secondary N) is 1. The van der Waals surface area contributed by atoms with Gasteiger partial charge in [0.1, 0.15) is 11.5 Å². The van der Waals surface area contributed by atoms with E-state index in [1.807, 2.05) is 55.5 Å². The van der Waals surface area contributed by atoms with Crippen LogP contribution in [0.25, 0.3) is 6.08 Å². The van der Waals surface area contributed by atoms with Crippen molar-refractivity contribution in [1.82, 2.24) is 0 Å². The number of hydrogen-bond donors (Lipinski definition) is 1. The largest absolute Gasteiger partial charge is 0.494 e. The van der Waals surface area contributed by atoms with Crippen molar-refractivity contribution in [1.29, 1.82) is 0 Å². The molecule has 0 atom stereocenters. The van der Waals surface area contributed by atoms with Crippen LogP contribution in [0.3, 0.4) is 0 Å². The average Bonchev–Trinajstić information content (AvgIpc) is 2.61.